The van der Waals surface area contributed by atoms with Crippen LogP contribution >= 0.6 is 0 Å². The lowest BCUT2D eigenvalue weighted by atomic mass is 10.00. The average molecular weight is 443 g/mol. The molecular formula is C29H34N2O2. The second-order valence-electron chi connectivity index (χ2n) is 8.98. The third-order valence-electron chi connectivity index (χ3n) is 5.74. The summed E-state index contributed by atoms with van der Waals surface area (Å²) in [5.41, 5.74) is 5.25. The minimum atomic E-state index is -0.605. The first-order chi connectivity index (χ1) is 15.8. The van der Waals surface area contributed by atoms with Crippen LogP contribution in [0.15, 0.2) is 78.9 Å². The van der Waals surface area contributed by atoms with Crippen LogP contribution in [0.1, 0.15) is 41.7 Å². The van der Waals surface area contributed by atoms with Crippen molar-refractivity contribution in [3.05, 3.63) is 107 Å². The number of rotatable bonds is 9. The first kappa shape index (κ1) is 24.2. The smallest absolute Gasteiger partial charge is 0.243 e. The van der Waals surface area contributed by atoms with Gasteiger partial charge in [-0.25, -0.2) is 0 Å². The Morgan fingerprint density at radius 1 is 0.848 bits per heavy atom. The monoisotopic (exact) mass is 442 g/mol. The van der Waals surface area contributed by atoms with Gasteiger partial charge in [0.1, 0.15) is 6.04 Å². The zero-order valence-corrected chi connectivity index (χ0v) is 20.0. The van der Waals surface area contributed by atoms with E-state index in [1.807, 2.05) is 107 Å². The molecule has 4 heteroatoms. The van der Waals surface area contributed by atoms with Crippen LogP contribution in [-0.4, -0.2) is 28.8 Å². The highest BCUT2D eigenvalue weighted by Crippen LogP contribution is 2.19. The topological polar surface area (TPSA) is 49.4 Å². The predicted octanol–water partition coefficient (Wildman–Crippen LogP) is 5.01. The van der Waals surface area contributed by atoms with Crippen LogP contribution in [0.4, 0.5) is 0 Å². The first-order valence-electron chi connectivity index (χ1n) is 11.6. The number of carbonyl (C=O) groups is 2. The second-order valence-corrected chi connectivity index (χ2v) is 8.98. The van der Waals surface area contributed by atoms with Crippen LogP contribution in [0.5, 0.6) is 0 Å². The third-order valence-corrected chi connectivity index (χ3v) is 5.74. The standard InChI is InChI=1S/C29H34N2O2/c1-21(2)30-29(33)27(18-24-13-6-5-7-14-24)31(20-26-16-9-8-12-23(26)4)28(32)19-25-15-10-11-22(3)17-25/h5-17,21,27H,18-20H2,1-4H3,(H,30,33)/t27-/m0/s1. The number of hydrogen-bond acceptors (Lipinski definition) is 2. The van der Waals surface area contributed by atoms with Crippen LogP contribution in [0.3, 0.4) is 0 Å². The van der Waals surface area contributed by atoms with Gasteiger partial charge in [-0.1, -0.05) is 84.4 Å². The molecule has 0 saturated heterocycles. The Morgan fingerprint density at radius 3 is 2.18 bits per heavy atom. The van der Waals surface area contributed by atoms with Crippen LogP contribution < -0.4 is 5.32 Å². The van der Waals surface area contributed by atoms with E-state index in [-0.39, 0.29) is 24.3 Å². The van der Waals surface area contributed by atoms with Crippen molar-refractivity contribution in [2.75, 3.05) is 0 Å². The van der Waals surface area contributed by atoms with E-state index in [4.69, 9.17) is 0 Å². The summed E-state index contributed by atoms with van der Waals surface area (Å²) >= 11 is 0. The summed E-state index contributed by atoms with van der Waals surface area (Å²) in [6.07, 6.45) is 0.721. The van der Waals surface area contributed by atoms with Crippen molar-refractivity contribution in [1.82, 2.24) is 10.2 Å². The molecule has 2 amide bonds. The van der Waals surface area contributed by atoms with Gasteiger partial charge in [0.15, 0.2) is 0 Å². The fourth-order valence-electron chi connectivity index (χ4n) is 4.00. The summed E-state index contributed by atoms with van der Waals surface area (Å²) in [7, 11) is 0. The number of hydrogen-bond donors (Lipinski definition) is 1. The summed E-state index contributed by atoms with van der Waals surface area (Å²) in [5.74, 6) is -0.177. The molecule has 0 aromatic heterocycles. The van der Waals surface area contributed by atoms with Gasteiger partial charge in [-0.2, -0.15) is 0 Å². The number of nitrogens with one attached hydrogen (secondary N) is 1. The molecule has 0 bridgehead atoms. The van der Waals surface area contributed by atoms with E-state index in [2.05, 4.69) is 5.32 Å². The minimum absolute atomic E-state index is 0.0111. The van der Waals surface area contributed by atoms with Gasteiger partial charge in [-0.15, -0.1) is 0 Å². The average Bonchev–Trinajstić information content (AvgIpc) is 2.77. The van der Waals surface area contributed by atoms with Crippen molar-refractivity contribution in [2.45, 2.75) is 59.2 Å². The molecule has 0 spiro atoms. The van der Waals surface area contributed by atoms with E-state index in [1.54, 1.807) is 4.90 Å². The fourth-order valence-corrected chi connectivity index (χ4v) is 4.00. The summed E-state index contributed by atoms with van der Waals surface area (Å²) in [5, 5.41) is 3.04. The van der Waals surface area contributed by atoms with Gasteiger partial charge in [-0.3, -0.25) is 9.59 Å². The molecule has 172 valence electrons. The zero-order chi connectivity index (χ0) is 23.8. The lowest BCUT2D eigenvalue weighted by Gasteiger charge is -2.32. The zero-order valence-electron chi connectivity index (χ0n) is 20.0. The molecule has 3 aromatic rings. The first-order valence-corrected chi connectivity index (χ1v) is 11.6. The lowest BCUT2D eigenvalue weighted by molar-refractivity contribution is -0.141. The molecule has 0 saturated carbocycles. The number of nitrogens with zero attached hydrogens (tertiary/aromatic N) is 1. The summed E-state index contributed by atoms with van der Waals surface area (Å²) < 4.78 is 0. The maximum absolute atomic E-state index is 13.7. The number of aryl methyl sites for hydroxylation is 2. The van der Waals surface area contributed by atoms with Crippen LogP contribution in [0.2, 0.25) is 0 Å². The van der Waals surface area contributed by atoms with Gasteiger partial charge in [0.2, 0.25) is 11.8 Å². The highest BCUT2D eigenvalue weighted by atomic mass is 16.2. The fraction of sp³-hybridized carbons (Fsp3) is 0.310. The van der Waals surface area contributed by atoms with Crippen molar-refractivity contribution in [2.24, 2.45) is 0 Å². The van der Waals surface area contributed by atoms with E-state index in [0.717, 1.165) is 27.8 Å². The molecule has 0 aliphatic carbocycles. The highest BCUT2D eigenvalue weighted by molar-refractivity contribution is 5.89. The highest BCUT2D eigenvalue weighted by Gasteiger charge is 2.31. The maximum Gasteiger partial charge on any atom is 0.243 e. The van der Waals surface area contributed by atoms with Gasteiger partial charge >= 0.3 is 0 Å². The van der Waals surface area contributed by atoms with Gasteiger partial charge in [-0.05, 0) is 49.9 Å². The van der Waals surface area contributed by atoms with Crippen molar-refractivity contribution in [1.29, 1.82) is 0 Å². The Balaban J connectivity index is 1.98. The summed E-state index contributed by atoms with van der Waals surface area (Å²) in [6, 6.07) is 25.3. The van der Waals surface area contributed by atoms with Crippen LogP contribution in [0, 0.1) is 13.8 Å². The largest absolute Gasteiger partial charge is 0.352 e. The van der Waals surface area contributed by atoms with Gasteiger partial charge in [0.25, 0.3) is 0 Å². The molecule has 0 radical (unpaired) electrons. The van der Waals surface area contributed by atoms with Crippen LogP contribution in [0.25, 0.3) is 0 Å². The summed E-state index contributed by atoms with van der Waals surface area (Å²) in [6.45, 7) is 8.34. The van der Waals surface area contributed by atoms with E-state index < -0.39 is 6.04 Å². The second kappa shape index (κ2) is 11.5. The van der Waals surface area contributed by atoms with Crippen molar-refractivity contribution in [3.8, 4) is 0 Å². The third kappa shape index (κ3) is 7.04. The van der Waals surface area contributed by atoms with E-state index in [9.17, 15) is 9.59 Å². The van der Waals surface area contributed by atoms with Crippen molar-refractivity contribution >= 4 is 11.8 Å². The molecule has 3 aromatic carbocycles. The van der Waals surface area contributed by atoms with E-state index in [0.29, 0.717) is 13.0 Å². The van der Waals surface area contributed by atoms with Gasteiger partial charge in [0, 0.05) is 19.0 Å². The van der Waals surface area contributed by atoms with Gasteiger partial charge < -0.3 is 10.2 Å². The number of benzene rings is 3. The molecular weight excluding hydrogens is 408 g/mol. The minimum Gasteiger partial charge on any atom is -0.352 e. The van der Waals surface area contributed by atoms with Gasteiger partial charge in [0.05, 0.1) is 6.42 Å². The molecule has 1 atom stereocenters. The lowest BCUT2D eigenvalue weighted by Crippen LogP contribution is -2.52. The molecule has 0 unspecified atom stereocenters. The Hall–Kier alpha value is -3.40. The van der Waals surface area contributed by atoms with E-state index >= 15 is 0 Å². The quantitative estimate of drug-likeness (QED) is 0.506. The molecule has 0 heterocycles. The van der Waals surface area contributed by atoms with Crippen LogP contribution in [-0.2, 0) is 29.0 Å². The number of carbonyl (C=O) groups excluding carboxylic acids is 2. The normalized spacial score (nSPS) is 11.8. The van der Waals surface area contributed by atoms with E-state index in [1.165, 1.54) is 0 Å². The molecule has 33 heavy (non-hydrogen) atoms. The molecule has 1 N–H and O–H groups in total. The Kier molecular flexibility index (Phi) is 8.42. The molecule has 0 fully saturated rings. The SMILES string of the molecule is Cc1cccc(CC(=O)N(Cc2ccccc2C)[C@@H](Cc2ccccc2)C(=O)NC(C)C)c1. The molecule has 4 nitrogen and oxygen atoms in total. The molecule has 3 rings (SSSR count). The maximum atomic E-state index is 13.7. The van der Waals surface area contributed by atoms with Crippen molar-refractivity contribution < 1.29 is 9.59 Å². The van der Waals surface area contributed by atoms with Crippen molar-refractivity contribution in [3.63, 3.8) is 0 Å². The predicted molar refractivity (Wildman–Crippen MR) is 134 cm³/mol. The molecule has 0 aliphatic rings. The Morgan fingerprint density at radius 2 is 1.52 bits per heavy atom. The number of amides is 2. The molecule has 0 aliphatic heterocycles. The Labute approximate surface area is 197 Å². The summed E-state index contributed by atoms with van der Waals surface area (Å²) in [4.78, 5) is 28.8. The Bertz CT molecular complexity index is 1080.